The van der Waals surface area contributed by atoms with Crippen molar-refractivity contribution in [3.63, 3.8) is 0 Å². The average molecular weight is 298 g/mol. The highest BCUT2D eigenvalue weighted by atomic mass is 19.4. The second-order valence-corrected chi connectivity index (χ2v) is 4.77. The molecular formula is C14H17F3N4. The van der Waals surface area contributed by atoms with Crippen molar-refractivity contribution in [3.05, 3.63) is 41.2 Å². The number of hydrogen-bond donors (Lipinski definition) is 1. The molecule has 0 spiro atoms. The molecule has 2 aromatic rings. The first-order valence-electron chi connectivity index (χ1n) is 6.68. The summed E-state index contributed by atoms with van der Waals surface area (Å²) in [5, 5.41) is 11.1. The van der Waals surface area contributed by atoms with Crippen LogP contribution in [-0.4, -0.2) is 21.5 Å². The van der Waals surface area contributed by atoms with Crippen molar-refractivity contribution >= 4 is 0 Å². The first-order chi connectivity index (χ1) is 9.86. The number of benzene rings is 1. The van der Waals surface area contributed by atoms with Gasteiger partial charge in [-0.2, -0.15) is 13.2 Å². The van der Waals surface area contributed by atoms with Crippen molar-refractivity contribution in [1.29, 1.82) is 0 Å². The molecule has 1 atom stereocenters. The molecule has 0 saturated heterocycles. The lowest BCUT2D eigenvalue weighted by molar-refractivity contribution is -0.137. The van der Waals surface area contributed by atoms with E-state index in [-0.39, 0.29) is 11.7 Å². The molecule has 0 aliphatic heterocycles. The first-order valence-corrected chi connectivity index (χ1v) is 6.68. The summed E-state index contributed by atoms with van der Waals surface area (Å²) in [6, 6.07) is 5.29. The number of para-hydroxylation sites is 1. The van der Waals surface area contributed by atoms with Crippen LogP contribution >= 0.6 is 0 Å². The summed E-state index contributed by atoms with van der Waals surface area (Å²) in [5.74, 6) is 0. The molecule has 0 aliphatic rings. The lowest BCUT2D eigenvalue weighted by Crippen LogP contribution is -2.19. The Kier molecular flexibility index (Phi) is 4.32. The number of aromatic nitrogens is 3. The molecule has 0 bridgehead atoms. The quantitative estimate of drug-likeness (QED) is 0.942. The summed E-state index contributed by atoms with van der Waals surface area (Å²) in [6.07, 6.45) is -4.43. The molecule has 1 aromatic carbocycles. The van der Waals surface area contributed by atoms with Crippen LogP contribution < -0.4 is 5.32 Å². The number of halogens is 3. The SMILES string of the molecule is CCNC(C)c1nnn(-c2ccccc2C(F)(F)F)c1C. The molecule has 1 aromatic heterocycles. The van der Waals surface area contributed by atoms with Crippen LogP contribution in [0.3, 0.4) is 0 Å². The highest BCUT2D eigenvalue weighted by Crippen LogP contribution is 2.34. The van der Waals surface area contributed by atoms with Crippen molar-refractivity contribution in [1.82, 2.24) is 20.3 Å². The minimum absolute atomic E-state index is 0.00931. The van der Waals surface area contributed by atoms with E-state index in [1.165, 1.54) is 16.8 Å². The topological polar surface area (TPSA) is 42.7 Å². The fraction of sp³-hybridized carbons (Fsp3) is 0.429. The van der Waals surface area contributed by atoms with Crippen molar-refractivity contribution in [2.75, 3.05) is 6.54 Å². The van der Waals surface area contributed by atoms with E-state index in [9.17, 15) is 13.2 Å². The number of alkyl halides is 3. The molecule has 1 N–H and O–H groups in total. The zero-order chi connectivity index (χ0) is 15.6. The van der Waals surface area contributed by atoms with Crippen LogP contribution in [0, 0.1) is 6.92 Å². The van der Waals surface area contributed by atoms with Gasteiger partial charge in [0.25, 0.3) is 0 Å². The molecule has 0 amide bonds. The van der Waals surface area contributed by atoms with Gasteiger partial charge in [0.1, 0.15) is 5.69 Å². The first kappa shape index (κ1) is 15.5. The smallest absolute Gasteiger partial charge is 0.309 e. The van der Waals surface area contributed by atoms with Gasteiger partial charge in [0.2, 0.25) is 0 Å². The summed E-state index contributed by atoms with van der Waals surface area (Å²) in [4.78, 5) is 0. The molecule has 7 heteroatoms. The zero-order valence-corrected chi connectivity index (χ0v) is 12.1. The number of nitrogens with one attached hydrogen (secondary N) is 1. The van der Waals surface area contributed by atoms with E-state index in [0.29, 0.717) is 11.4 Å². The van der Waals surface area contributed by atoms with Gasteiger partial charge in [-0.3, -0.25) is 0 Å². The maximum absolute atomic E-state index is 13.1. The second-order valence-electron chi connectivity index (χ2n) is 4.77. The Morgan fingerprint density at radius 1 is 1.29 bits per heavy atom. The number of nitrogens with zero attached hydrogens (tertiary/aromatic N) is 3. The fourth-order valence-electron chi connectivity index (χ4n) is 2.27. The minimum atomic E-state index is -4.43. The van der Waals surface area contributed by atoms with Gasteiger partial charge in [0.15, 0.2) is 0 Å². The Hall–Kier alpha value is -1.89. The number of hydrogen-bond acceptors (Lipinski definition) is 3. The van der Waals surface area contributed by atoms with Crippen LogP contribution in [0.1, 0.15) is 36.8 Å². The summed E-state index contributed by atoms with van der Waals surface area (Å²) in [6.45, 7) is 6.32. The average Bonchev–Trinajstić information content (AvgIpc) is 2.80. The van der Waals surface area contributed by atoms with Crippen molar-refractivity contribution in [2.24, 2.45) is 0 Å². The highest BCUT2D eigenvalue weighted by molar-refractivity contribution is 5.43. The zero-order valence-electron chi connectivity index (χ0n) is 12.1. The second kappa shape index (κ2) is 5.85. The van der Waals surface area contributed by atoms with E-state index in [4.69, 9.17) is 0 Å². The third-order valence-electron chi connectivity index (χ3n) is 3.29. The Balaban J connectivity index is 2.50. The molecule has 0 aliphatic carbocycles. The normalized spacial score (nSPS) is 13.4. The highest BCUT2D eigenvalue weighted by Gasteiger charge is 2.34. The molecule has 1 unspecified atom stereocenters. The minimum Gasteiger partial charge on any atom is -0.309 e. The van der Waals surface area contributed by atoms with E-state index < -0.39 is 11.7 Å². The van der Waals surface area contributed by atoms with Gasteiger partial charge >= 0.3 is 6.18 Å². The van der Waals surface area contributed by atoms with E-state index in [0.717, 1.165) is 12.6 Å². The Morgan fingerprint density at radius 3 is 2.57 bits per heavy atom. The largest absolute Gasteiger partial charge is 0.418 e. The summed E-state index contributed by atoms with van der Waals surface area (Å²) < 4.78 is 40.5. The summed E-state index contributed by atoms with van der Waals surface area (Å²) in [7, 11) is 0. The van der Waals surface area contributed by atoms with Gasteiger partial charge in [0, 0.05) is 0 Å². The molecule has 1 heterocycles. The lowest BCUT2D eigenvalue weighted by Gasteiger charge is -2.14. The third-order valence-corrected chi connectivity index (χ3v) is 3.29. The van der Waals surface area contributed by atoms with Gasteiger partial charge in [-0.05, 0) is 32.5 Å². The fourth-order valence-corrected chi connectivity index (χ4v) is 2.27. The maximum Gasteiger partial charge on any atom is 0.418 e. The predicted octanol–water partition coefficient (Wildman–Crippen LogP) is 3.27. The van der Waals surface area contributed by atoms with Crippen molar-refractivity contribution in [3.8, 4) is 5.69 Å². The molecule has 0 radical (unpaired) electrons. The summed E-state index contributed by atoms with van der Waals surface area (Å²) >= 11 is 0. The molecule has 4 nitrogen and oxygen atoms in total. The predicted molar refractivity (Wildman–Crippen MR) is 73.2 cm³/mol. The van der Waals surface area contributed by atoms with E-state index in [1.54, 1.807) is 13.0 Å². The molecule has 114 valence electrons. The van der Waals surface area contributed by atoms with Crippen molar-refractivity contribution < 1.29 is 13.2 Å². The van der Waals surface area contributed by atoms with Gasteiger partial charge in [-0.1, -0.05) is 24.3 Å². The van der Waals surface area contributed by atoms with Gasteiger partial charge in [-0.25, -0.2) is 4.68 Å². The van der Waals surface area contributed by atoms with E-state index >= 15 is 0 Å². The van der Waals surface area contributed by atoms with E-state index in [2.05, 4.69) is 15.6 Å². The van der Waals surface area contributed by atoms with E-state index in [1.807, 2.05) is 13.8 Å². The van der Waals surface area contributed by atoms with Crippen LogP contribution in [0.4, 0.5) is 13.2 Å². The lowest BCUT2D eigenvalue weighted by atomic mass is 10.1. The molecular weight excluding hydrogens is 281 g/mol. The number of rotatable bonds is 4. The molecule has 0 saturated carbocycles. The molecule has 2 rings (SSSR count). The van der Waals surface area contributed by atoms with Crippen LogP contribution in [0.5, 0.6) is 0 Å². The van der Waals surface area contributed by atoms with Crippen LogP contribution in [0.25, 0.3) is 5.69 Å². The van der Waals surface area contributed by atoms with Crippen LogP contribution in [0.15, 0.2) is 24.3 Å². The molecule has 0 fully saturated rings. The third kappa shape index (κ3) is 3.07. The maximum atomic E-state index is 13.1. The van der Waals surface area contributed by atoms with Gasteiger partial charge in [0.05, 0.1) is 23.0 Å². The monoisotopic (exact) mass is 298 g/mol. The van der Waals surface area contributed by atoms with Crippen LogP contribution in [0.2, 0.25) is 0 Å². The standard InChI is InChI=1S/C14H17F3N4/c1-4-18-9(2)13-10(3)21(20-19-13)12-8-6-5-7-11(12)14(15,16)17/h5-9,18H,4H2,1-3H3. The Labute approximate surface area is 121 Å². The van der Waals surface area contributed by atoms with Crippen LogP contribution in [-0.2, 0) is 6.18 Å². The van der Waals surface area contributed by atoms with Gasteiger partial charge in [-0.15, -0.1) is 5.10 Å². The summed E-state index contributed by atoms with van der Waals surface area (Å²) in [5.41, 5.74) is 0.513. The van der Waals surface area contributed by atoms with Crippen molar-refractivity contribution in [2.45, 2.75) is 33.0 Å². The Bertz CT molecular complexity index is 619. The van der Waals surface area contributed by atoms with Gasteiger partial charge < -0.3 is 5.32 Å². The Morgan fingerprint density at radius 2 is 1.95 bits per heavy atom. The molecule has 21 heavy (non-hydrogen) atoms.